The first-order valence-corrected chi connectivity index (χ1v) is 12.4. The molecule has 2 amide bonds. The minimum Gasteiger partial charge on any atom is -0.377 e. The Kier molecular flexibility index (Phi) is 7.36. The van der Waals surface area contributed by atoms with Crippen LogP contribution in [-0.4, -0.2) is 37.4 Å². The van der Waals surface area contributed by atoms with Gasteiger partial charge in [-0.15, -0.1) is 0 Å². The van der Waals surface area contributed by atoms with Gasteiger partial charge in [0.2, 0.25) is 11.8 Å². The molecule has 5 nitrogen and oxygen atoms in total. The fraction of sp³-hybridized carbons (Fsp3) is 0.500. The zero-order chi connectivity index (χ0) is 23.4. The van der Waals surface area contributed by atoms with E-state index in [4.69, 9.17) is 0 Å². The van der Waals surface area contributed by atoms with Crippen LogP contribution in [0.3, 0.4) is 0 Å². The van der Waals surface area contributed by atoms with Gasteiger partial charge < -0.3 is 15.1 Å². The van der Waals surface area contributed by atoms with Crippen LogP contribution in [0.5, 0.6) is 0 Å². The van der Waals surface area contributed by atoms with Crippen molar-refractivity contribution in [2.24, 2.45) is 11.8 Å². The Bertz CT molecular complexity index is 964. The number of benzene rings is 2. The summed E-state index contributed by atoms with van der Waals surface area (Å²) in [4.78, 5) is 30.4. The zero-order valence-electron chi connectivity index (χ0n) is 20.2. The second-order valence-electron chi connectivity index (χ2n) is 9.89. The lowest BCUT2D eigenvalue weighted by molar-refractivity contribution is -0.133. The summed E-state index contributed by atoms with van der Waals surface area (Å²) in [6.45, 7) is 3.44. The van der Waals surface area contributed by atoms with E-state index in [-0.39, 0.29) is 23.7 Å². The molecule has 0 heterocycles. The van der Waals surface area contributed by atoms with Crippen LogP contribution in [0.1, 0.15) is 62.5 Å². The Balaban J connectivity index is 1.58. The van der Waals surface area contributed by atoms with Gasteiger partial charge in [0.15, 0.2) is 0 Å². The maximum atomic E-state index is 13.8. The maximum Gasteiger partial charge on any atom is 0.230 e. The molecular weight excluding hydrogens is 410 g/mol. The smallest absolute Gasteiger partial charge is 0.230 e. The second-order valence-corrected chi connectivity index (χ2v) is 9.89. The number of hydrogen-bond donors (Lipinski definition) is 1. The molecule has 0 spiro atoms. The highest BCUT2D eigenvalue weighted by Crippen LogP contribution is 2.34. The monoisotopic (exact) mass is 447 g/mol. The van der Waals surface area contributed by atoms with Gasteiger partial charge in [-0.1, -0.05) is 43.7 Å². The largest absolute Gasteiger partial charge is 0.377 e. The standard InChI is InChI=1S/C28H37N3O2/c1-4-25(21-9-6-5-7-10-21)28(33)31(18-20-13-14-20)19-23-17-24(15-16-26(23)30(2)3)29-27(32)22-11-8-12-22/h5-7,9-10,15-17,20,22,25H,4,8,11-14,18-19H2,1-3H3,(H,29,32). The van der Waals surface area contributed by atoms with Crippen molar-refractivity contribution in [3.05, 3.63) is 59.7 Å². The Morgan fingerprint density at radius 1 is 1.03 bits per heavy atom. The number of amides is 2. The number of nitrogens with zero attached hydrogens (tertiary/aromatic N) is 2. The third-order valence-corrected chi connectivity index (χ3v) is 7.06. The topological polar surface area (TPSA) is 52.7 Å². The maximum absolute atomic E-state index is 13.8. The van der Waals surface area contributed by atoms with Gasteiger partial charge in [0.05, 0.1) is 5.92 Å². The number of carbonyl (C=O) groups excluding carboxylic acids is 2. The summed E-state index contributed by atoms with van der Waals surface area (Å²) in [5.41, 5.74) is 4.06. The fourth-order valence-corrected chi connectivity index (χ4v) is 4.65. The third-order valence-electron chi connectivity index (χ3n) is 7.06. The minimum absolute atomic E-state index is 0.117. The lowest BCUT2D eigenvalue weighted by Gasteiger charge is -2.30. The fourth-order valence-electron chi connectivity index (χ4n) is 4.65. The molecule has 2 aromatic rings. The van der Waals surface area contributed by atoms with Crippen molar-refractivity contribution in [3.63, 3.8) is 0 Å². The van der Waals surface area contributed by atoms with Crippen LogP contribution in [0.4, 0.5) is 11.4 Å². The highest BCUT2D eigenvalue weighted by molar-refractivity contribution is 5.93. The Morgan fingerprint density at radius 2 is 1.76 bits per heavy atom. The Labute approximate surface area is 198 Å². The summed E-state index contributed by atoms with van der Waals surface area (Å²) < 4.78 is 0. The van der Waals surface area contributed by atoms with Gasteiger partial charge in [0.1, 0.15) is 0 Å². The molecule has 0 saturated heterocycles. The van der Waals surface area contributed by atoms with Gasteiger partial charge in [0.25, 0.3) is 0 Å². The van der Waals surface area contributed by atoms with Crippen LogP contribution in [0.2, 0.25) is 0 Å². The molecule has 2 aromatic carbocycles. The van der Waals surface area contributed by atoms with Gasteiger partial charge in [-0.3, -0.25) is 9.59 Å². The molecule has 0 bridgehead atoms. The van der Waals surface area contributed by atoms with Crippen molar-refractivity contribution in [2.75, 3.05) is 30.9 Å². The molecule has 1 atom stereocenters. The SMILES string of the molecule is CCC(C(=O)N(Cc1cc(NC(=O)C2CCC2)ccc1N(C)C)CC1CC1)c1ccccc1. The summed E-state index contributed by atoms with van der Waals surface area (Å²) in [5.74, 6) is 0.932. The van der Waals surface area contributed by atoms with E-state index in [0.717, 1.165) is 54.7 Å². The first-order valence-electron chi connectivity index (χ1n) is 12.4. The molecule has 0 aromatic heterocycles. The zero-order valence-corrected chi connectivity index (χ0v) is 20.2. The molecular formula is C28H37N3O2. The molecule has 2 aliphatic rings. The van der Waals surface area contributed by atoms with Crippen LogP contribution in [0.25, 0.3) is 0 Å². The summed E-state index contributed by atoms with van der Waals surface area (Å²) >= 11 is 0. The van der Waals surface area contributed by atoms with Crippen molar-refractivity contribution in [1.82, 2.24) is 4.90 Å². The summed E-state index contributed by atoms with van der Waals surface area (Å²) in [7, 11) is 4.05. The van der Waals surface area contributed by atoms with E-state index in [1.807, 2.05) is 38.4 Å². The highest BCUT2D eigenvalue weighted by Gasteiger charge is 2.31. The third kappa shape index (κ3) is 5.76. The Hall–Kier alpha value is -2.82. The predicted molar refractivity (Wildman–Crippen MR) is 134 cm³/mol. The summed E-state index contributed by atoms with van der Waals surface area (Å²) in [6, 6.07) is 16.2. The molecule has 5 heteroatoms. The molecule has 2 aliphatic carbocycles. The van der Waals surface area contributed by atoms with E-state index >= 15 is 0 Å². The molecule has 33 heavy (non-hydrogen) atoms. The van der Waals surface area contributed by atoms with E-state index in [1.165, 1.54) is 12.8 Å². The van der Waals surface area contributed by atoms with Gasteiger partial charge in [0, 0.05) is 44.5 Å². The normalized spacial score (nSPS) is 16.6. The number of nitrogens with one attached hydrogen (secondary N) is 1. The van der Waals surface area contributed by atoms with Crippen molar-refractivity contribution in [1.29, 1.82) is 0 Å². The molecule has 4 rings (SSSR count). The molecule has 1 N–H and O–H groups in total. The number of carbonyl (C=O) groups is 2. The summed E-state index contributed by atoms with van der Waals surface area (Å²) in [6.07, 6.45) is 6.28. The van der Waals surface area contributed by atoms with Gasteiger partial charge >= 0.3 is 0 Å². The van der Waals surface area contributed by atoms with Crippen LogP contribution in [0.15, 0.2) is 48.5 Å². The average molecular weight is 448 g/mol. The molecule has 176 valence electrons. The van der Waals surface area contributed by atoms with E-state index in [0.29, 0.717) is 12.5 Å². The minimum atomic E-state index is -0.130. The molecule has 2 fully saturated rings. The lowest BCUT2D eigenvalue weighted by atomic mass is 9.85. The van der Waals surface area contributed by atoms with Crippen LogP contribution >= 0.6 is 0 Å². The second kappa shape index (κ2) is 10.4. The quantitative estimate of drug-likeness (QED) is 0.529. The van der Waals surface area contributed by atoms with E-state index in [9.17, 15) is 9.59 Å². The first-order chi connectivity index (χ1) is 16.0. The van der Waals surface area contributed by atoms with E-state index in [2.05, 4.69) is 46.3 Å². The van der Waals surface area contributed by atoms with Gasteiger partial charge in [-0.05, 0) is 67.3 Å². The molecule has 1 unspecified atom stereocenters. The van der Waals surface area contributed by atoms with Crippen LogP contribution in [-0.2, 0) is 16.1 Å². The molecule has 0 radical (unpaired) electrons. The van der Waals surface area contributed by atoms with Gasteiger partial charge in [-0.2, -0.15) is 0 Å². The Morgan fingerprint density at radius 3 is 2.33 bits per heavy atom. The number of hydrogen-bond acceptors (Lipinski definition) is 3. The average Bonchev–Trinajstić information content (AvgIpc) is 3.57. The number of anilines is 2. The molecule has 0 aliphatic heterocycles. The predicted octanol–water partition coefficient (Wildman–Crippen LogP) is 5.42. The van der Waals surface area contributed by atoms with E-state index < -0.39 is 0 Å². The van der Waals surface area contributed by atoms with Gasteiger partial charge in [-0.25, -0.2) is 0 Å². The van der Waals surface area contributed by atoms with E-state index in [1.54, 1.807) is 0 Å². The number of rotatable bonds is 10. The van der Waals surface area contributed by atoms with Crippen molar-refractivity contribution in [2.45, 2.75) is 57.9 Å². The lowest BCUT2D eigenvalue weighted by Crippen LogP contribution is -2.36. The van der Waals surface area contributed by atoms with Crippen LogP contribution in [0, 0.1) is 11.8 Å². The first kappa shape index (κ1) is 23.3. The summed E-state index contributed by atoms with van der Waals surface area (Å²) in [5, 5.41) is 3.10. The van der Waals surface area contributed by atoms with Crippen LogP contribution < -0.4 is 10.2 Å². The van der Waals surface area contributed by atoms with Crippen molar-refractivity contribution in [3.8, 4) is 0 Å². The highest BCUT2D eigenvalue weighted by atomic mass is 16.2. The van der Waals surface area contributed by atoms with Crippen molar-refractivity contribution >= 4 is 23.2 Å². The molecule has 2 saturated carbocycles. The van der Waals surface area contributed by atoms with Crippen molar-refractivity contribution < 1.29 is 9.59 Å².